The zero-order valence-corrected chi connectivity index (χ0v) is 17.7. The number of alkyl halides is 3. The number of amides is 1. The van der Waals surface area contributed by atoms with Gasteiger partial charge in [0.25, 0.3) is 11.8 Å². The van der Waals surface area contributed by atoms with E-state index in [4.69, 9.17) is 4.52 Å². The van der Waals surface area contributed by atoms with Crippen LogP contribution in [0.25, 0.3) is 11.5 Å². The number of halogens is 3. The Kier molecular flexibility index (Phi) is 5.11. The molecule has 2 heterocycles. The third-order valence-corrected chi connectivity index (χ3v) is 7.47. The van der Waals surface area contributed by atoms with Crippen LogP contribution in [0.15, 0.2) is 15.7 Å². The van der Waals surface area contributed by atoms with Crippen molar-refractivity contribution in [3.8, 4) is 11.5 Å². The van der Waals surface area contributed by atoms with Crippen LogP contribution in [0.5, 0.6) is 0 Å². The molecular weight excluding hydrogens is 447 g/mol. The number of thiophene rings is 1. The molecule has 32 heavy (non-hydrogen) atoms. The van der Waals surface area contributed by atoms with Gasteiger partial charge in [0.15, 0.2) is 5.82 Å². The van der Waals surface area contributed by atoms with E-state index < -0.39 is 24.0 Å². The molecule has 1 saturated carbocycles. The van der Waals surface area contributed by atoms with Crippen molar-refractivity contribution in [1.29, 1.82) is 0 Å². The molecule has 5 rings (SSSR count). The van der Waals surface area contributed by atoms with Crippen LogP contribution in [0, 0.1) is 5.92 Å². The average Bonchev–Trinajstić information content (AvgIpc) is 3.15. The van der Waals surface area contributed by atoms with Crippen molar-refractivity contribution in [2.45, 2.75) is 63.5 Å². The Morgan fingerprint density at radius 3 is 2.56 bits per heavy atom. The molecule has 0 aliphatic heterocycles. The lowest BCUT2D eigenvalue weighted by Gasteiger charge is -2.24. The molecule has 1 fully saturated rings. The number of nitrogens with one attached hydrogen (secondary N) is 1. The third-order valence-electron chi connectivity index (χ3n) is 6.30. The molecule has 1 amide bonds. The number of hydrogen-bond acceptors (Lipinski definition) is 6. The minimum absolute atomic E-state index is 0.0500. The molecule has 0 aromatic carbocycles. The van der Waals surface area contributed by atoms with E-state index >= 15 is 0 Å². The maximum absolute atomic E-state index is 13.3. The summed E-state index contributed by atoms with van der Waals surface area (Å²) >= 11 is 1.08. The van der Waals surface area contributed by atoms with Crippen molar-refractivity contribution in [1.82, 2.24) is 10.1 Å². The third kappa shape index (κ3) is 3.82. The topological polar surface area (TPSA) is 105 Å². The zero-order chi connectivity index (χ0) is 22.6. The molecule has 0 unspecified atom stereocenters. The van der Waals surface area contributed by atoms with Gasteiger partial charge in [0.2, 0.25) is 0 Å². The van der Waals surface area contributed by atoms with Gasteiger partial charge in [-0.25, -0.2) is 4.79 Å². The maximum atomic E-state index is 13.3. The smallest absolute Gasteiger partial charge is 0.392 e. The fourth-order valence-corrected chi connectivity index (χ4v) is 5.75. The van der Waals surface area contributed by atoms with Crippen LogP contribution in [0.1, 0.15) is 60.7 Å². The van der Waals surface area contributed by atoms with Crippen LogP contribution in [-0.2, 0) is 22.4 Å². The number of carboxylic acids is 1. The first-order chi connectivity index (χ1) is 15.2. The van der Waals surface area contributed by atoms with E-state index in [1.165, 1.54) is 0 Å². The summed E-state index contributed by atoms with van der Waals surface area (Å²) in [4.78, 5) is 29.3. The van der Waals surface area contributed by atoms with Crippen molar-refractivity contribution in [3.63, 3.8) is 0 Å². The van der Waals surface area contributed by atoms with Crippen molar-refractivity contribution in [2.75, 3.05) is 5.32 Å². The molecule has 3 aliphatic rings. The highest BCUT2D eigenvalue weighted by atomic mass is 32.1. The summed E-state index contributed by atoms with van der Waals surface area (Å²) in [5.41, 5.74) is 1.44. The van der Waals surface area contributed by atoms with Gasteiger partial charge in [-0.3, -0.25) is 4.79 Å². The predicted molar refractivity (Wildman–Crippen MR) is 108 cm³/mol. The Balaban J connectivity index is 1.52. The molecule has 0 radical (unpaired) electrons. The van der Waals surface area contributed by atoms with Crippen molar-refractivity contribution in [3.05, 3.63) is 27.4 Å². The Morgan fingerprint density at radius 1 is 1.12 bits per heavy atom. The molecule has 0 bridgehead atoms. The second kappa shape index (κ2) is 7.72. The van der Waals surface area contributed by atoms with Gasteiger partial charge in [-0.05, 0) is 56.9 Å². The minimum Gasteiger partial charge on any atom is -0.478 e. The van der Waals surface area contributed by atoms with E-state index in [0.29, 0.717) is 46.1 Å². The van der Waals surface area contributed by atoms with Gasteiger partial charge in [-0.1, -0.05) is 5.16 Å². The van der Waals surface area contributed by atoms with E-state index in [2.05, 4.69) is 15.5 Å². The normalized spacial score (nSPS) is 21.0. The predicted octanol–water partition coefficient (Wildman–Crippen LogP) is 4.85. The fraction of sp³-hybridized carbons (Fsp3) is 0.524. The maximum Gasteiger partial charge on any atom is 0.392 e. The number of hydrogen-bond donors (Lipinski definition) is 2. The Labute approximate surface area is 184 Å². The minimum atomic E-state index is -4.29. The highest BCUT2D eigenvalue weighted by Crippen LogP contribution is 2.48. The number of rotatable bonds is 5. The number of fused-ring (bicyclic) bond motifs is 1. The summed E-state index contributed by atoms with van der Waals surface area (Å²) < 4.78 is 45.4. The molecule has 1 atom stereocenters. The standard InChI is InChI=1S/C21H20F3N3O4S/c22-21(23,24)10-6-7-13-14(8-10)32-19(15(13)18-25-16(27-31-18)9-4-5-9)26-17(28)11-2-1-3-12(11)20(29)30/h9-10H,1-8H2,(H,26,28)(H,29,30)/t10-/m1/s1. The number of aromatic nitrogens is 2. The summed E-state index contributed by atoms with van der Waals surface area (Å²) in [5, 5.41) is 16.4. The lowest BCUT2D eigenvalue weighted by molar-refractivity contribution is -0.176. The first-order valence-corrected chi connectivity index (χ1v) is 11.4. The Bertz CT molecular complexity index is 1130. The van der Waals surface area contributed by atoms with E-state index in [-0.39, 0.29) is 42.2 Å². The molecular formula is C21H20F3N3O4S. The molecule has 2 N–H and O–H groups in total. The number of nitrogens with zero attached hydrogens (tertiary/aromatic N) is 2. The molecule has 7 nitrogen and oxygen atoms in total. The monoisotopic (exact) mass is 467 g/mol. The second-order valence-electron chi connectivity index (χ2n) is 8.49. The van der Waals surface area contributed by atoms with Crippen molar-refractivity contribution >= 4 is 28.2 Å². The summed E-state index contributed by atoms with van der Waals surface area (Å²) in [6.45, 7) is 0. The van der Waals surface area contributed by atoms with Crippen molar-refractivity contribution < 1.29 is 32.4 Å². The van der Waals surface area contributed by atoms with Crippen molar-refractivity contribution in [2.24, 2.45) is 5.92 Å². The van der Waals surface area contributed by atoms with Gasteiger partial charge in [0, 0.05) is 21.9 Å². The van der Waals surface area contributed by atoms with Crippen LogP contribution < -0.4 is 5.32 Å². The summed E-state index contributed by atoms with van der Waals surface area (Å²) in [5.74, 6) is -2.13. The number of anilines is 1. The largest absolute Gasteiger partial charge is 0.478 e. The molecule has 0 spiro atoms. The second-order valence-corrected chi connectivity index (χ2v) is 9.60. The zero-order valence-electron chi connectivity index (χ0n) is 16.9. The van der Waals surface area contributed by atoms with Gasteiger partial charge >= 0.3 is 12.1 Å². The lowest BCUT2D eigenvalue weighted by Crippen LogP contribution is -2.28. The van der Waals surface area contributed by atoms with Crippen LogP contribution in [0.2, 0.25) is 0 Å². The highest BCUT2D eigenvalue weighted by Gasteiger charge is 2.43. The van der Waals surface area contributed by atoms with Gasteiger partial charge < -0.3 is 14.9 Å². The van der Waals surface area contributed by atoms with Crippen LogP contribution in [-0.4, -0.2) is 33.3 Å². The Hall–Kier alpha value is -2.69. The number of aliphatic carboxylic acids is 1. The fourth-order valence-electron chi connectivity index (χ4n) is 4.43. The summed E-state index contributed by atoms with van der Waals surface area (Å²) in [6.07, 6.45) is -1.17. The number of carbonyl (C=O) groups excluding carboxylic acids is 1. The van der Waals surface area contributed by atoms with Crippen LogP contribution in [0.4, 0.5) is 18.2 Å². The van der Waals surface area contributed by atoms with E-state index in [9.17, 15) is 27.9 Å². The number of carbonyl (C=O) groups is 2. The van der Waals surface area contributed by atoms with Crippen LogP contribution >= 0.6 is 11.3 Å². The average molecular weight is 467 g/mol. The summed E-state index contributed by atoms with van der Waals surface area (Å²) in [6, 6.07) is 0. The first kappa shape index (κ1) is 21.2. The van der Waals surface area contributed by atoms with E-state index in [0.717, 1.165) is 24.2 Å². The molecule has 170 valence electrons. The van der Waals surface area contributed by atoms with Gasteiger partial charge in [-0.15, -0.1) is 11.3 Å². The van der Waals surface area contributed by atoms with E-state index in [1.807, 2.05) is 0 Å². The summed E-state index contributed by atoms with van der Waals surface area (Å²) in [7, 11) is 0. The van der Waals surface area contributed by atoms with Gasteiger partial charge in [0.1, 0.15) is 5.00 Å². The Morgan fingerprint density at radius 2 is 1.88 bits per heavy atom. The van der Waals surface area contributed by atoms with Gasteiger partial charge in [0.05, 0.1) is 11.5 Å². The lowest BCUT2D eigenvalue weighted by atomic mass is 9.86. The van der Waals surface area contributed by atoms with E-state index in [1.54, 1.807) is 0 Å². The quantitative estimate of drug-likeness (QED) is 0.652. The van der Waals surface area contributed by atoms with Gasteiger partial charge in [-0.2, -0.15) is 18.2 Å². The SMILES string of the molecule is O=C(O)C1=C(C(=O)Nc2sc3c(c2-c2nc(C4CC4)no2)CC[C@@H](C(F)(F)F)C3)CCC1. The number of carboxylic acid groups (broad SMARTS) is 1. The van der Waals surface area contributed by atoms with Crippen LogP contribution in [0.3, 0.4) is 0 Å². The first-order valence-electron chi connectivity index (χ1n) is 10.5. The molecule has 0 saturated heterocycles. The molecule has 2 aromatic heterocycles. The highest BCUT2D eigenvalue weighted by molar-refractivity contribution is 7.17. The molecule has 2 aromatic rings. The molecule has 11 heteroatoms. The molecule has 3 aliphatic carbocycles.